The van der Waals surface area contributed by atoms with Gasteiger partial charge in [0.25, 0.3) is 0 Å². The Labute approximate surface area is 75.5 Å². The molecular weight excluding hydrogens is 172 g/mol. The summed E-state index contributed by atoms with van der Waals surface area (Å²) in [4.78, 5) is 21.7. The van der Waals surface area contributed by atoms with Crippen LogP contribution in [0.3, 0.4) is 0 Å². The Bertz CT molecular complexity index is 277. The number of esters is 1. The van der Waals surface area contributed by atoms with Gasteiger partial charge in [-0.2, -0.15) is 0 Å². The summed E-state index contributed by atoms with van der Waals surface area (Å²) in [6.07, 6.45) is 6.09. The van der Waals surface area contributed by atoms with Gasteiger partial charge in [0.05, 0.1) is 13.0 Å². The lowest BCUT2D eigenvalue weighted by atomic mass is 9.88. The molecule has 2 atom stereocenters. The van der Waals surface area contributed by atoms with Crippen molar-refractivity contribution in [1.82, 2.24) is 0 Å². The van der Waals surface area contributed by atoms with Crippen LogP contribution in [0, 0.1) is 11.8 Å². The number of carbonyl (C=O) groups excluding carboxylic acids is 2. The first kappa shape index (κ1) is 9.51. The van der Waals surface area contributed by atoms with Crippen LogP contribution in [0.1, 0.15) is 0 Å². The van der Waals surface area contributed by atoms with Gasteiger partial charge >= 0.3 is 5.97 Å². The third-order valence-corrected chi connectivity index (χ3v) is 1.88. The maximum absolute atomic E-state index is 11.1. The summed E-state index contributed by atoms with van der Waals surface area (Å²) >= 11 is 0. The number of aliphatic carboxylic acids is 1. The Morgan fingerprint density at radius 1 is 1.23 bits per heavy atom. The SMILES string of the molecule is COC(=O)C1C=CC=CC1C(=O)[O-]. The van der Waals surface area contributed by atoms with Gasteiger partial charge in [-0.1, -0.05) is 24.3 Å². The molecule has 0 amide bonds. The van der Waals surface area contributed by atoms with E-state index in [1.54, 1.807) is 12.2 Å². The third-order valence-electron chi connectivity index (χ3n) is 1.88. The zero-order valence-electron chi connectivity index (χ0n) is 7.10. The van der Waals surface area contributed by atoms with Gasteiger partial charge in [-0.25, -0.2) is 0 Å². The number of methoxy groups -OCH3 is 1. The van der Waals surface area contributed by atoms with Crippen LogP contribution < -0.4 is 5.11 Å². The Kier molecular flexibility index (Phi) is 2.84. The smallest absolute Gasteiger partial charge is 0.313 e. The van der Waals surface area contributed by atoms with Gasteiger partial charge in [-0.05, 0) is 0 Å². The number of carboxylic acid groups (broad SMARTS) is 1. The second kappa shape index (κ2) is 3.89. The molecule has 0 heterocycles. The monoisotopic (exact) mass is 181 g/mol. The molecule has 70 valence electrons. The minimum atomic E-state index is -1.27. The van der Waals surface area contributed by atoms with E-state index in [0.29, 0.717) is 0 Å². The Morgan fingerprint density at radius 3 is 2.23 bits per heavy atom. The molecule has 0 aromatic heterocycles. The summed E-state index contributed by atoms with van der Waals surface area (Å²) in [6, 6.07) is 0. The van der Waals surface area contributed by atoms with Gasteiger partial charge < -0.3 is 14.6 Å². The standard InChI is InChI=1S/C9H10O4/c1-13-9(12)7-5-3-2-4-6(7)8(10)11/h2-7H,1H3,(H,10,11)/p-1. The van der Waals surface area contributed by atoms with E-state index in [9.17, 15) is 14.7 Å². The molecule has 2 unspecified atom stereocenters. The van der Waals surface area contributed by atoms with Crippen molar-refractivity contribution >= 4 is 11.9 Å². The first-order valence-corrected chi connectivity index (χ1v) is 3.80. The maximum Gasteiger partial charge on any atom is 0.313 e. The van der Waals surface area contributed by atoms with Crippen LogP contribution >= 0.6 is 0 Å². The second-order valence-electron chi connectivity index (χ2n) is 2.66. The molecular formula is C9H9O4-. The quantitative estimate of drug-likeness (QED) is 0.526. The Morgan fingerprint density at radius 2 is 1.77 bits per heavy atom. The lowest BCUT2D eigenvalue weighted by Crippen LogP contribution is -2.38. The predicted octanol–water partition coefficient (Wildman–Crippen LogP) is -0.732. The minimum absolute atomic E-state index is 0.560. The summed E-state index contributed by atoms with van der Waals surface area (Å²) in [5.41, 5.74) is 0. The van der Waals surface area contributed by atoms with Crippen molar-refractivity contribution in [2.45, 2.75) is 0 Å². The van der Waals surface area contributed by atoms with Crippen LogP contribution in [0.2, 0.25) is 0 Å². The van der Waals surface area contributed by atoms with Crippen molar-refractivity contribution in [3.8, 4) is 0 Å². The topological polar surface area (TPSA) is 66.4 Å². The average molecular weight is 181 g/mol. The molecule has 4 nitrogen and oxygen atoms in total. The predicted molar refractivity (Wildman–Crippen MR) is 42.3 cm³/mol. The first-order chi connectivity index (χ1) is 6.16. The lowest BCUT2D eigenvalue weighted by Gasteiger charge is -2.22. The van der Waals surface area contributed by atoms with Crippen molar-refractivity contribution in [1.29, 1.82) is 0 Å². The molecule has 0 aromatic carbocycles. The minimum Gasteiger partial charge on any atom is -0.549 e. The van der Waals surface area contributed by atoms with E-state index < -0.39 is 23.8 Å². The highest BCUT2D eigenvalue weighted by Gasteiger charge is 2.27. The molecule has 1 rings (SSSR count). The zero-order chi connectivity index (χ0) is 9.84. The molecule has 4 heteroatoms. The molecule has 0 spiro atoms. The van der Waals surface area contributed by atoms with Crippen LogP contribution in [-0.2, 0) is 14.3 Å². The molecule has 0 radical (unpaired) electrons. The van der Waals surface area contributed by atoms with Crippen molar-refractivity contribution < 1.29 is 19.4 Å². The van der Waals surface area contributed by atoms with Crippen molar-refractivity contribution in [2.75, 3.05) is 7.11 Å². The Balaban J connectivity index is 2.82. The van der Waals surface area contributed by atoms with Gasteiger partial charge in [0.15, 0.2) is 0 Å². The normalized spacial score (nSPS) is 25.6. The molecule has 0 fully saturated rings. The van der Waals surface area contributed by atoms with E-state index in [1.807, 2.05) is 0 Å². The number of hydrogen-bond donors (Lipinski definition) is 0. The van der Waals surface area contributed by atoms with Gasteiger partial charge in [0, 0.05) is 11.9 Å². The average Bonchev–Trinajstić information content (AvgIpc) is 2.16. The van der Waals surface area contributed by atoms with E-state index >= 15 is 0 Å². The molecule has 0 bridgehead atoms. The molecule has 1 aliphatic carbocycles. The molecule has 0 aliphatic heterocycles. The first-order valence-electron chi connectivity index (χ1n) is 3.80. The number of hydrogen-bond acceptors (Lipinski definition) is 4. The highest BCUT2D eigenvalue weighted by molar-refractivity contribution is 5.83. The van der Waals surface area contributed by atoms with E-state index in [-0.39, 0.29) is 0 Å². The van der Waals surface area contributed by atoms with Crippen molar-refractivity contribution in [3.05, 3.63) is 24.3 Å². The van der Waals surface area contributed by atoms with Crippen LogP contribution in [-0.4, -0.2) is 19.0 Å². The third kappa shape index (κ3) is 1.96. The summed E-state index contributed by atoms with van der Waals surface area (Å²) < 4.78 is 4.45. The zero-order valence-corrected chi connectivity index (χ0v) is 7.10. The second-order valence-corrected chi connectivity index (χ2v) is 2.66. The van der Waals surface area contributed by atoms with Gasteiger partial charge in [-0.15, -0.1) is 0 Å². The van der Waals surface area contributed by atoms with Crippen molar-refractivity contribution in [2.24, 2.45) is 11.8 Å². The fraction of sp³-hybridized carbons (Fsp3) is 0.333. The lowest BCUT2D eigenvalue weighted by molar-refractivity contribution is -0.310. The van der Waals surface area contributed by atoms with Crippen molar-refractivity contribution in [3.63, 3.8) is 0 Å². The van der Waals surface area contributed by atoms with E-state index in [4.69, 9.17) is 0 Å². The molecule has 0 saturated heterocycles. The van der Waals surface area contributed by atoms with Crippen LogP contribution in [0.5, 0.6) is 0 Å². The number of carbonyl (C=O) groups is 2. The summed E-state index contributed by atoms with van der Waals surface area (Å²) in [7, 11) is 1.22. The number of allylic oxidation sites excluding steroid dienone is 2. The Hall–Kier alpha value is -1.58. The molecule has 0 saturated carbocycles. The van der Waals surface area contributed by atoms with Gasteiger partial charge in [0.2, 0.25) is 0 Å². The maximum atomic E-state index is 11.1. The molecule has 0 N–H and O–H groups in total. The largest absolute Gasteiger partial charge is 0.549 e. The molecule has 13 heavy (non-hydrogen) atoms. The fourth-order valence-electron chi connectivity index (χ4n) is 1.19. The number of carboxylic acids is 1. The van der Waals surface area contributed by atoms with Crippen LogP contribution in [0.4, 0.5) is 0 Å². The molecule has 0 aromatic rings. The van der Waals surface area contributed by atoms with Crippen LogP contribution in [0.15, 0.2) is 24.3 Å². The summed E-state index contributed by atoms with van der Waals surface area (Å²) in [6.45, 7) is 0. The van der Waals surface area contributed by atoms with E-state index in [1.165, 1.54) is 19.3 Å². The summed E-state index contributed by atoms with van der Waals surface area (Å²) in [5.74, 6) is -3.51. The highest BCUT2D eigenvalue weighted by Crippen LogP contribution is 2.20. The number of ether oxygens (including phenoxy) is 1. The van der Waals surface area contributed by atoms with Gasteiger partial charge in [-0.3, -0.25) is 4.79 Å². The summed E-state index contributed by atoms with van der Waals surface area (Å²) in [5, 5.41) is 10.6. The highest BCUT2D eigenvalue weighted by atomic mass is 16.5. The van der Waals surface area contributed by atoms with Crippen LogP contribution in [0.25, 0.3) is 0 Å². The molecule has 1 aliphatic rings. The number of rotatable bonds is 2. The van der Waals surface area contributed by atoms with E-state index in [0.717, 1.165) is 0 Å². The fourth-order valence-corrected chi connectivity index (χ4v) is 1.19. The van der Waals surface area contributed by atoms with E-state index in [2.05, 4.69) is 4.74 Å². The van der Waals surface area contributed by atoms with Gasteiger partial charge in [0.1, 0.15) is 0 Å².